The number of allylic oxidation sites excluding steroid dienone is 10. The van der Waals surface area contributed by atoms with Gasteiger partial charge in [0.25, 0.3) is 0 Å². The van der Waals surface area contributed by atoms with E-state index in [0.29, 0.717) is 17.4 Å². The molecule has 0 bridgehead atoms. The monoisotopic (exact) mass is 542 g/mol. The second kappa shape index (κ2) is 22.2. The number of rotatable bonds is 22. The van der Waals surface area contributed by atoms with Gasteiger partial charge in [-0.05, 0) is 44.9 Å². The van der Waals surface area contributed by atoms with E-state index in [1.807, 2.05) is 27.2 Å². The molecule has 0 saturated heterocycles. The molecule has 0 amide bonds. The lowest BCUT2D eigenvalue weighted by Crippen LogP contribution is -2.37. The molecule has 0 aliphatic carbocycles. The van der Waals surface area contributed by atoms with Gasteiger partial charge in [0.1, 0.15) is 19.3 Å². The van der Waals surface area contributed by atoms with Crippen LogP contribution in [0.3, 0.4) is 0 Å². The number of phosphoric acid groups is 1. The molecular weight excluding hydrogens is 493 g/mol. The van der Waals surface area contributed by atoms with Crippen LogP contribution in [0.15, 0.2) is 60.8 Å². The normalized spacial score (nSPS) is 15.5. The van der Waals surface area contributed by atoms with Crippen LogP contribution in [-0.4, -0.2) is 74.1 Å². The Bertz CT molecular complexity index is 782. The maximum atomic E-state index is 12.0. The predicted octanol–water partition coefficient (Wildman–Crippen LogP) is 5.65. The van der Waals surface area contributed by atoms with E-state index in [4.69, 9.17) is 13.8 Å². The SMILES string of the molecule is CC/C=C\C/C=C\C/C=C\C/C=C\C/C=C\CCCC(=O)O[C@@H](CO)COP(=O)(O)OCC[N+](C)(C)C. The van der Waals surface area contributed by atoms with Gasteiger partial charge in [-0.2, -0.15) is 0 Å². The summed E-state index contributed by atoms with van der Waals surface area (Å²) < 4.78 is 27.4. The molecule has 0 aromatic heterocycles. The van der Waals surface area contributed by atoms with Crippen molar-refractivity contribution in [3.05, 3.63) is 60.8 Å². The van der Waals surface area contributed by atoms with Crippen LogP contribution in [0, 0.1) is 0 Å². The average Bonchev–Trinajstić information content (AvgIpc) is 2.82. The molecule has 0 saturated carbocycles. The highest BCUT2D eigenvalue weighted by Crippen LogP contribution is 2.43. The van der Waals surface area contributed by atoms with Crippen LogP contribution in [0.5, 0.6) is 0 Å². The summed E-state index contributed by atoms with van der Waals surface area (Å²) in [7, 11) is 1.50. The highest BCUT2D eigenvalue weighted by molar-refractivity contribution is 7.47. The molecule has 0 aromatic carbocycles. The number of phosphoric ester groups is 1. The second-order valence-corrected chi connectivity index (χ2v) is 11.0. The minimum absolute atomic E-state index is 0.0384. The zero-order valence-electron chi connectivity index (χ0n) is 23.2. The summed E-state index contributed by atoms with van der Waals surface area (Å²) in [6, 6.07) is 0. The second-order valence-electron chi connectivity index (χ2n) is 9.51. The minimum atomic E-state index is -4.28. The number of aliphatic hydroxyl groups excluding tert-OH is 1. The van der Waals surface area contributed by atoms with Crippen molar-refractivity contribution < 1.29 is 37.6 Å². The van der Waals surface area contributed by atoms with Gasteiger partial charge in [-0.3, -0.25) is 13.8 Å². The molecule has 0 spiro atoms. The maximum absolute atomic E-state index is 12.0. The number of hydrogen-bond donors (Lipinski definition) is 2. The van der Waals surface area contributed by atoms with Crippen molar-refractivity contribution in [2.45, 2.75) is 64.4 Å². The number of hydrogen-bond acceptors (Lipinski definition) is 6. The van der Waals surface area contributed by atoms with Crippen molar-refractivity contribution in [2.75, 3.05) is 47.5 Å². The summed E-state index contributed by atoms with van der Waals surface area (Å²) >= 11 is 0. The van der Waals surface area contributed by atoms with Gasteiger partial charge in [0.15, 0.2) is 0 Å². The van der Waals surface area contributed by atoms with E-state index in [2.05, 4.69) is 61.6 Å². The van der Waals surface area contributed by atoms with Crippen molar-refractivity contribution in [3.63, 3.8) is 0 Å². The molecule has 0 rings (SSSR count). The molecule has 212 valence electrons. The van der Waals surface area contributed by atoms with Crippen molar-refractivity contribution in [2.24, 2.45) is 0 Å². The van der Waals surface area contributed by atoms with Crippen LogP contribution in [0.25, 0.3) is 0 Å². The van der Waals surface area contributed by atoms with E-state index >= 15 is 0 Å². The highest BCUT2D eigenvalue weighted by Gasteiger charge is 2.25. The molecule has 2 atom stereocenters. The average molecular weight is 543 g/mol. The van der Waals surface area contributed by atoms with Gasteiger partial charge in [0.2, 0.25) is 0 Å². The van der Waals surface area contributed by atoms with E-state index in [0.717, 1.165) is 38.5 Å². The van der Waals surface area contributed by atoms with Gasteiger partial charge in [-0.15, -0.1) is 0 Å². The number of nitrogens with zero attached hydrogens (tertiary/aromatic N) is 1. The summed E-state index contributed by atoms with van der Waals surface area (Å²) in [5.41, 5.74) is 0. The number of esters is 1. The third-order valence-electron chi connectivity index (χ3n) is 4.85. The van der Waals surface area contributed by atoms with Gasteiger partial charge < -0.3 is 19.2 Å². The Morgan fingerprint density at radius 2 is 1.38 bits per heavy atom. The van der Waals surface area contributed by atoms with Crippen LogP contribution < -0.4 is 0 Å². The molecule has 0 aromatic rings. The standard InChI is InChI=1S/C28H48NO7P/c1-5-6-7-8-9-10-11-12-13-14-15-16-17-18-19-20-21-22-28(31)36-27(25-30)26-35-37(32,33)34-24-23-29(2,3)4/h6-7,9-10,12-13,15-16,18-19,27,30H,5,8,11,14,17,20-26H2,1-4H3/p+1/b7-6-,10-9-,13-12-,16-15-,19-18-/t27-/m0/s1. The fraction of sp³-hybridized carbons (Fsp3) is 0.607. The Balaban J connectivity index is 3.94. The van der Waals surface area contributed by atoms with E-state index < -0.39 is 33.1 Å². The minimum Gasteiger partial charge on any atom is -0.457 e. The van der Waals surface area contributed by atoms with E-state index in [1.165, 1.54) is 0 Å². The molecule has 8 nitrogen and oxygen atoms in total. The van der Waals surface area contributed by atoms with Crippen molar-refractivity contribution >= 4 is 13.8 Å². The van der Waals surface area contributed by atoms with Gasteiger partial charge in [-0.25, -0.2) is 4.57 Å². The molecule has 37 heavy (non-hydrogen) atoms. The number of carbonyl (C=O) groups is 1. The quantitative estimate of drug-likeness (QED) is 0.0599. The number of aliphatic hydroxyl groups is 1. The molecule has 0 heterocycles. The van der Waals surface area contributed by atoms with E-state index in [-0.39, 0.29) is 13.0 Å². The summed E-state index contributed by atoms with van der Waals surface area (Å²) in [5.74, 6) is -0.492. The van der Waals surface area contributed by atoms with Crippen LogP contribution in [-0.2, 0) is 23.1 Å². The van der Waals surface area contributed by atoms with E-state index in [1.54, 1.807) is 0 Å². The fourth-order valence-corrected chi connectivity index (χ4v) is 3.49. The summed E-state index contributed by atoms with van der Waals surface area (Å²) in [4.78, 5) is 21.7. The Morgan fingerprint density at radius 3 is 1.86 bits per heavy atom. The molecular formula is C28H49NO7P+. The molecule has 9 heteroatoms. The highest BCUT2D eigenvalue weighted by atomic mass is 31.2. The Labute approximate surface area is 224 Å². The molecule has 0 aliphatic rings. The van der Waals surface area contributed by atoms with Gasteiger partial charge in [0, 0.05) is 6.42 Å². The number of ether oxygens (including phenoxy) is 1. The third kappa shape index (κ3) is 25.6. The van der Waals surface area contributed by atoms with E-state index in [9.17, 15) is 19.4 Å². The van der Waals surface area contributed by atoms with Crippen molar-refractivity contribution in [1.29, 1.82) is 0 Å². The van der Waals surface area contributed by atoms with Crippen LogP contribution in [0.2, 0.25) is 0 Å². The molecule has 2 N–H and O–H groups in total. The number of carbonyl (C=O) groups excluding carboxylic acids is 1. The molecule has 0 radical (unpaired) electrons. The first-order chi connectivity index (χ1) is 17.6. The number of likely N-dealkylation sites (N-methyl/N-ethyl adjacent to an activating group) is 1. The van der Waals surface area contributed by atoms with Crippen LogP contribution >= 0.6 is 7.82 Å². The fourth-order valence-electron chi connectivity index (χ4n) is 2.75. The van der Waals surface area contributed by atoms with Gasteiger partial charge in [0.05, 0.1) is 34.4 Å². The lowest BCUT2D eigenvalue weighted by Gasteiger charge is -2.24. The Kier molecular flexibility index (Phi) is 21.1. The lowest BCUT2D eigenvalue weighted by atomic mass is 10.2. The zero-order chi connectivity index (χ0) is 27.8. The predicted molar refractivity (Wildman–Crippen MR) is 150 cm³/mol. The summed E-state index contributed by atoms with van der Waals surface area (Å²) in [5, 5.41) is 9.38. The van der Waals surface area contributed by atoms with Gasteiger partial charge >= 0.3 is 13.8 Å². The third-order valence-corrected chi connectivity index (χ3v) is 5.84. The Morgan fingerprint density at radius 1 is 0.865 bits per heavy atom. The van der Waals surface area contributed by atoms with Crippen molar-refractivity contribution in [1.82, 2.24) is 0 Å². The Hall–Kier alpha value is -1.80. The topological polar surface area (TPSA) is 102 Å². The van der Waals surface area contributed by atoms with Crippen LogP contribution in [0.4, 0.5) is 0 Å². The first-order valence-corrected chi connectivity index (χ1v) is 14.6. The lowest BCUT2D eigenvalue weighted by molar-refractivity contribution is -0.870. The molecule has 1 unspecified atom stereocenters. The molecule has 0 fully saturated rings. The number of unbranched alkanes of at least 4 members (excludes halogenated alkanes) is 1. The van der Waals surface area contributed by atoms with Gasteiger partial charge in [-0.1, -0.05) is 67.7 Å². The first kappa shape index (κ1) is 35.2. The maximum Gasteiger partial charge on any atom is 0.472 e. The number of quaternary nitrogens is 1. The van der Waals surface area contributed by atoms with Crippen LogP contribution in [0.1, 0.15) is 58.3 Å². The van der Waals surface area contributed by atoms with Crippen molar-refractivity contribution in [3.8, 4) is 0 Å². The smallest absolute Gasteiger partial charge is 0.457 e. The largest absolute Gasteiger partial charge is 0.472 e. The first-order valence-electron chi connectivity index (χ1n) is 13.1. The summed E-state index contributed by atoms with van der Waals surface area (Å²) in [6.07, 6.45) is 26.6. The molecule has 0 aliphatic heterocycles. The summed E-state index contributed by atoms with van der Waals surface area (Å²) in [6.45, 7) is 1.75. The zero-order valence-corrected chi connectivity index (χ0v) is 24.1.